The molecule has 0 saturated carbocycles. The quantitative estimate of drug-likeness (QED) is 0.521. The summed E-state index contributed by atoms with van der Waals surface area (Å²) in [4.78, 5) is 0. The van der Waals surface area contributed by atoms with Gasteiger partial charge in [-0.05, 0) is 0 Å². The molecule has 0 aliphatic heterocycles. The van der Waals surface area contributed by atoms with Crippen LogP contribution in [0.5, 0.6) is 0 Å². The van der Waals surface area contributed by atoms with Crippen LogP contribution in [0.25, 0.3) is 0 Å². The molecule has 0 aromatic heterocycles. The summed E-state index contributed by atoms with van der Waals surface area (Å²) in [6.45, 7) is 20.2. The Balaban J connectivity index is -0.0000000270. The van der Waals surface area contributed by atoms with Gasteiger partial charge >= 0.3 is 0 Å². The first-order chi connectivity index (χ1) is 5.74. The number of allylic oxidation sites excluding steroid dienone is 6. The Bertz CT molecular complexity index is 99.9. The van der Waals surface area contributed by atoms with Gasteiger partial charge in [-0.15, -0.1) is 0 Å². The smallest absolute Gasteiger partial charge is 0 e. The Labute approximate surface area is 114 Å². The van der Waals surface area contributed by atoms with Gasteiger partial charge in [0, 0.05) is 39.0 Å². The molecule has 14 heavy (non-hydrogen) atoms. The van der Waals surface area contributed by atoms with E-state index in [-0.39, 0.29) is 39.0 Å². The third kappa shape index (κ3) is 185. The van der Waals surface area contributed by atoms with Crippen LogP contribution in [0.4, 0.5) is 0 Å². The van der Waals surface area contributed by atoms with Crippen LogP contribution in [0.3, 0.4) is 0 Å². The molecule has 0 N–H and O–H groups in total. The summed E-state index contributed by atoms with van der Waals surface area (Å²) in [5, 5.41) is 0. The van der Waals surface area contributed by atoms with Crippen LogP contribution in [0.2, 0.25) is 0 Å². The van der Waals surface area contributed by atoms with Gasteiger partial charge in [0.15, 0.2) is 0 Å². The molecule has 0 fully saturated rings. The summed E-state index contributed by atoms with van der Waals surface area (Å²) >= 11 is 0. The Hall–Kier alpha value is -0.313. The second-order valence-corrected chi connectivity index (χ2v) is 1.41. The van der Waals surface area contributed by atoms with Crippen molar-refractivity contribution in [1.29, 1.82) is 0 Å². The van der Waals surface area contributed by atoms with Crippen molar-refractivity contribution in [2.45, 2.75) is 0 Å². The van der Waals surface area contributed by atoms with E-state index in [0.29, 0.717) is 0 Å². The van der Waals surface area contributed by atoms with Gasteiger partial charge in [0.25, 0.3) is 0 Å². The van der Waals surface area contributed by atoms with Crippen molar-refractivity contribution in [2.24, 2.45) is 0 Å². The van der Waals surface area contributed by atoms with Crippen molar-refractivity contribution >= 4 is 0 Å². The van der Waals surface area contributed by atoms with Gasteiger partial charge in [-0.3, -0.25) is 0 Å². The average Bonchev–Trinajstić information content (AvgIpc) is 2.18. The molecule has 0 aromatic rings. The van der Waals surface area contributed by atoms with Gasteiger partial charge in [0.2, 0.25) is 0 Å². The van der Waals surface area contributed by atoms with Gasteiger partial charge in [0.1, 0.15) is 0 Å². The van der Waals surface area contributed by atoms with Gasteiger partial charge in [-0.25, -0.2) is 0 Å². The van der Waals surface area contributed by atoms with Crippen molar-refractivity contribution in [2.75, 3.05) is 0 Å². The maximum Gasteiger partial charge on any atom is 0 e. The average molecular weight is 368 g/mol. The Morgan fingerprint density at radius 3 is 0.429 bits per heavy atom. The topological polar surface area (TPSA) is 0 Å². The van der Waals surface area contributed by atoms with Crippen molar-refractivity contribution in [3.05, 3.63) is 75.9 Å². The van der Waals surface area contributed by atoms with Crippen LogP contribution in [-0.2, 0) is 39.0 Å². The Morgan fingerprint density at radius 2 is 0.429 bits per heavy atom. The maximum absolute atomic E-state index is 3.36. The minimum atomic E-state index is 0. The van der Waals surface area contributed by atoms with Crippen molar-refractivity contribution in [3.8, 4) is 0 Å². The van der Waals surface area contributed by atoms with E-state index >= 15 is 0 Å². The zero-order chi connectivity index (χ0) is 10.2. The van der Waals surface area contributed by atoms with Gasteiger partial charge in [-0.2, -0.15) is 0 Å². The normalized spacial score (nSPS) is 4.29. The monoisotopic (exact) mass is 368 g/mol. The Kier molecular flexibility index (Phi) is 112. The molecule has 0 atom stereocenters. The molecular weight excluding hydrogens is 350 g/mol. The molecule has 2 heteroatoms. The van der Waals surface area contributed by atoms with E-state index in [1.165, 1.54) is 0 Å². The minimum Gasteiger partial charge on any atom is -0.0991 e. The molecule has 0 nitrogen and oxygen atoms in total. The molecule has 0 rings (SSSR count). The Morgan fingerprint density at radius 1 is 0.357 bits per heavy atom. The van der Waals surface area contributed by atoms with E-state index in [2.05, 4.69) is 39.5 Å². The second kappa shape index (κ2) is 53.6. The summed E-state index contributed by atoms with van der Waals surface area (Å²) in [5.41, 5.74) is 0. The van der Waals surface area contributed by atoms with Crippen molar-refractivity contribution in [3.63, 3.8) is 0 Å². The molecule has 2 radical (unpaired) electrons. The molecule has 0 bridgehead atoms. The second-order valence-electron chi connectivity index (χ2n) is 1.41. The van der Waals surface area contributed by atoms with E-state index in [9.17, 15) is 0 Å². The molecular formula is C12H18Rh2. The molecule has 0 amide bonds. The van der Waals surface area contributed by atoms with E-state index < -0.39 is 0 Å². The zero-order valence-corrected chi connectivity index (χ0v) is 11.7. The first kappa shape index (κ1) is 29.2. The van der Waals surface area contributed by atoms with E-state index in [4.69, 9.17) is 0 Å². The third-order valence-electron chi connectivity index (χ3n) is 0.500. The van der Waals surface area contributed by atoms with Gasteiger partial charge in [-0.1, -0.05) is 75.9 Å². The van der Waals surface area contributed by atoms with Gasteiger partial charge in [0.05, 0.1) is 0 Å². The predicted octanol–water partition coefficient (Wildman–Crippen LogP) is 4.07. The standard InChI is InChI=1S/3C4H6.2Rh/c3*1-3-4-2;;/h3*3-4H,1-2H2;;. The van der Waals surface area contributed by atoms with Crippen LogP contribution in [0.1, 0.15) is 0 Å². The maximum atomic E-state index is 3.36. The predicted molar refractivity (Wildman–Crippen MR) is 61.2 cm³/mol. The summed E-state index contributed by atoms with van der Waals surface area (Å²) in [6.07, 6.45) is 9.83. The fourth-order valence-electron chi connectivity index (χ4n) is 0. The molecule has 0 unspecified atom stereocenters. The summed E-state index contributed by atoms with van der Waals surface area (Å²) in [5.74, 6) is 0. The third-order valence-corrected chi connectivity index (χ3v) is 0.500. The van der Waals surface area contributed by atoms with Crippen LogP contribution in [0.15, 0.2) is 75.9 Å². The van der Waals surface area contributed by atoms with Crippen LogP contribution in [0, 0.1) is 0 Å². The zero-order valence-electron chi connectivity index (χ0n) is 8.37. The molecule has 0 spiro atoms. The first-order valence-electron chi connectivity index (χ1n) is 3.45. The summed E-state index contributed by atoms with van der Waals surface area (Å²) < 4.78 is 0. The van der Waals surface area contributed by atoms with Gasteiger partial charge < -0.3 is 0 Å². The van der Waals surface area contributed by atoms with E-state index in [1.54, 1.807) is 36.5 Å². The summed E-state index contributed by atoms with van der Waals surface area (Å²) in [7, 11) is 0. The molecule has 0 heterocycles. The van der Waals surface area contributed by atoms with Crippen LogP contribution < -0.4 is 0 Å². The SMILES string of the molecule is C=CC=C.C=CC=C.C=CC=C.[Rh].[Rh]. The molecule has 0 aromatic carbocycles. The fourth-order valence-corrected chi connectivity index (χ4v) is 0. The van der Waals surface area contributed by atoms with Crippen LogP contribution in [-0.4, -0.2) is 0 Å². The number of hydrogen-bond donors (Lipinski definition) is 0. The number of hydrogen-bond acceptors (Lipinski definition) is 0. The van der Waals surface area contributed by atoms with E-state index in [1.807, 2.05) is 0 Å². The first-order valence-corrected chi connectivity index (χ1v) is 3.45. The van der Waals surface area contributed by atoms with Crippen molar-refractivity contribution in [1.82, 2.24) is 0 Å². The fraction of sp³-hybridized carbons (Fsp3) is 0. The number of rotatable bonds is 3. The molecule has 0 aliphatic rings. The summed E-state index contributed by atoms with van der Waals surface area (Å²) in [6, 6.07) is 0. The molecule has 0 saturated heterocycles. The largest absolute Gasteiger partial charge is 0.0991 e. The minimum absolute atomic E-state index is 0. The molecule has 84 valence electrons. The van der Waals surface area contributed by atoms with Crippen molar-refractivity contribution < 1.29 is 39.0 Å². The molecule has 0 aliphatic carbocycles. The van der Waals surface area contributed by atoms with Crippen LogP contribution >= 0.6 is 0 Å². The van der Waals surface area contributed by atoms with E-state index in [0.717, 1.165) is 0 Å².